The molecule has 1 aliphatic carbocycles. The first kappa shape index (κ1) is 14.2. The van der Waals surface area contributed by atoms with E-state index in [1.807, 2.05) is 12.1 Å². The van der Waals surface area contributed by atoms with E-state index >= 15 is 0 Å². The molecular weight excluding hydrogens is 267 g/mol. The summed E-state index contributed by atoms with van der Waals surface area (Å²) in [6.07, 6.45) is 5.01. The summed E-state index contributed by atoms with van der Waals surface area (Å²) in [6.45, 7) is 2.23. The minimum Gasteiger partial charge on any atom is -0.393 e. The maximum atomic E-state index is 10.1. The molecule has 0 heterocycles. The van der Waals surface area contributed by atoms with Crippen LogP contribution in [0.25, 0.3) is 0 Å². The van der Waals surface area contributed by atoms with Crippen molar-refractivity contribution >= 4 is 23.2 Å². The van der Waals surface area contributed by atoms with Gasteiger partial charge in [-0.2, -0.15) is 0 Å². The molecule has 0 aromatic heterocycles. The van der Waals surface area contributed by atoms with Gasteiger partial charge in [-0.05, 0) is 61.3 Å². The van der Waals surface area contributed by atoms with E-state index in [0.29, 0.717) is 10.9 Å². The van der Waals surface area contributed by atoms with Crippen LogP contribution in [-0.2, 0) is 6.42 Å². The predicted molar refractivity (Wildman–Crippen MR) is 77.3 cm³/mol. The average molecular weight is 287 g/mol. The molecule has 0 radical (unpaired) electrons. The van der Waals surface area contributed by atoms with Crippen LogP contribution in [0, 0.1) is 11.8 Å². The zero-order valence-electron chi connectivity index (χ0n) is 10.7. The first-order valence-corrected chi connectivity index (χ1v) is 7.47. The lowest BCUT2D eigenvalue weighted by molar-refractivity contribution is 0.0475. The smallest absolute Gasteiger partial charge is 0.0571 e. The van der Waals surface area contributed by atoms with Crippen LogP contribution in [0.3, 0.4) is 0 Å². The Hall–Kier alpha value is -0.240. The molecule has 2 rings (SSSR count). The van der Waals surface area contributed by atoms with Crippen LogP contribution in [0.1, 0.15) is 38.2 Å². The topological polar surface area (TPSA) is 20.2 Å². The van der Waals surface area contributed by atoms with E-state index in [1.54, 1.807) is 6.07 Å². The molecule has 3 atom stereocenters. The van der Waals surface area contributed by atoms with E-state index in [0.717, 1.165) is 42.2 Å². The van der Waals surface area contributed by atoms with Gasteiger partial charge in [0, 0.05) is 10.0 Å². The second kappa shape index (κ2) is 6.27. The zero-order chi connectivity index (χ0) is 13.1. The van der Waals surface area contributed by atoms with Crippen LogP contribution in [0.15, 0.2) is 18.2 Å². The van der Waals surface area contributed by atoms with E-state index < -0.39 is 0 Å². The van der Waals surface area contributed by atoms with Gasteiger partial charge in [-0.15, -0.1) is 0 Å². The van der Waals surface area contributed by atoms with Crippen molar-refractivity contribution in [2.75, 3.05) is 0 Å². The van der Waals surface area contributed by atoms with Gasteiger partial charge in [0.25, 0.3) is 0 Å². The number of hydrogen-bond donors (Lipinski definition) is 1. The molecule has 1 aromatic rings. The van der Waals surface area contributed by atoms with Gasteiger partial charge in [0.1, 0.15) is 0 Å². The lowest BCUT2D eigenvalue weighted by Gasteiger charge is -2.33. The summed E-state index contributed by atoms with van der Waals surface area (Å²) in [5.74, 6) is 1.07. The van der Waals surface area contributed by atoms with Crippen molar-refractivity contribution in [2.45, 2.75) is 45.1 Å². The maximum Gasteiger partial charge on any atom is 0.0571 e. The van der Waals surface area contributed by atoms with Crippen molar-refractivity contribution in [3.05, 3.63) is 33.8 Å². The molecule has 0 aliphatic heterocycles. The van der Waals surface area contributed by atoms with Crippen LogP contribution in [0.4, 0.5) is 0 Å². The molecule has 0 amide bonds. The number of rotatable bonds is 3. The Balaban J connectivity index is 2.09. The fraction of sp³-hybridized carbons (Fsp3) is 0.600. The van der Waals surface area contributed by atoms with Gasteiger partial charge < -0.3 is 5.11 Å². The minimum atomic E-state index is -0.192. The average Bonchev–Trinajstić information content (AvgIpc) is 2.36. The third-order valence-corrected chi connectivity index (χ3v) is 4.72. The molecule has 1 saturated carbocycles. The van der Waals surface area contributed by atoms with Gasteiger partial charge in [0.05, 0.1) is 6.10 Å². The number of aliphatic hydroxyl groups is 1. The molecule has 1 aliphatic rings. The van der Waals surface area contributed by atoms with E-state index in [9.17, 15) is 5.11 Å². The number of aliphatic hydroxyl groups excluding tert-OH is 1. The first-order valence-electron chi connectivity index (χ1n) is 6.72. The molecular formula is C15H20Cl2O. The summed E-state index contributed by atoms with van der Waals surface area (Å²) in [7, 11) is 0. The maximum absolute atomic E-state index is 10.1. The fourth-order valence-electron chi connectivity index (χ4n) is 2.92. The molecule has 0 bridgehead atoms. The Morgan fingerprint density at radius 2 is 2.06 bits per heavy atom. The summed E-state index contributed by atoms with van der Waals surface area (Å²) < 4.78 is 0. The molecule has 3 heteroatoms. The fourth-order valence-corrected chi connectivity index (χ4v) is 3.31. The van der Waals surface area contributed by atoms with E-state index in [2.05, 4.69) is 6.92 Å². The van der Waals surface area contributed by atoms with Crippen LogP contribution < -0.4 is 0 Å². The Morgan fingerprint density at radius 3 is 2.78 bits per heavy atom. The van der Waals surface area contributed by atoms with Gasteiger partial charge >= 0.3 is 0 Å². The van der Waals surface area contributed by atoms with Crippen LogP contribution in [0.2, 0.25) is 10.0 Å². The second-order valence-corrected chi connectivity index (χ2v) is 6.20. The van der Waals surface area contributed by atoms with Gasteiger partial charge in [-0.3, -0.25) is 0 Å². The first-order chi connectivity index (χ1) is 8.60. The van der Waals surface area contributed by atoms with Crippen molar-refractivity contribution in [1.82, 2.24) is 0 Å². The van der Waals surface area contributed by atoms with Gasteiger partial charge in [0.15, 0.2) is 0 Å². The Labute approximate surface area is 119 Å². The van der Waals surface area contributed by atoms with Gasteiger partial charge in [0.2, 0.25) is 0 Å². The number of halogens is 2. The molecule has 1 fully saturated rings. The third kappa shape index (κ3) is 3.40. The molecule has 18 heavy (non-hydrogen) atoms. The summed E-state index contributed by atoms with van der Waals surface area (Å²) in [5, 5.41) is 11.6. The van der Waals surface area contributed by atoms with Crippen molar-refractivity contribution in [3.63, 3.8) is 0 Å². The number of hydrogen-bond acceptors (Lipinski definition) is 1. The molecule has 1 aromatic carbocycles. The van der Waals surface area contributed by atoms with Crippen LogP contribution >= 0.6 is 23.2 Å². The van der Waals surface area contributed by atoms with E-state index in [-0.39, 0.29) is 6.10 Å². The minimum absolute atomic E-state index is 0.192. The highest BCUT2D eigenvalue weighted by molar-refractivity contribution is 6.33. The SMILES string of the molecule is CCC1CCC(O)C(Cc2cc(Cl)ccc2Cl)C1. The van der Waals surface area contributed by atoms with Crippen molar-refractivity contribution < 1.29 is 5.11 Å². The third-order valence-electron chi connectivity index (χ3n) is 4.12. The lowest BCUT2D eigenvalue weighted by Crippen LogP contribution is -2.30. The molecule has 1 N–H and O–H groups in total. The normalized spacial score (nSPS) is 28.3. The Bertz CT molecular complexity index is 405. The summed E-state index contributed by atoms with van der Waals surface area (Å²) in [5.41, 5.74) is 1.06. The van der Waals surface area contributed by atoms with Gasteiger partial charge in [-0.25, -0.2) is 0 Å². The summed E-state index contributed by atoms with van der Waals surface area (Å²) in [6, 6.07) is 5.57. The highest BCUT2D eigenvalue weighted by atomic mass is 35.5. The van der Waals surface area contributed by atoms with Crippen LogP contribution in [0.5, 0.6) is 0 Å². The quantitative estimate of drug-likeness (QED) is 0.852. The molecule has 0 spiro atoms. The van der Waals surface area contributed by atoms with Gasteiger partial charge in [-0.1, -0.05) is 36.5 Å². The summed E-state index contributed by atoms with van der Waals surface area (Å²) in [4.78, 5) is 0. The largest absolute Gasteiger partial charge is 0.393 e. The van der Waals surface area contributed by atoms with E-state index in [4.69, 9.17) is 23.2 Å². The van der Waals surface area contributed by atoms with Crippen molar-refractivity contribution in [3.8, 4) is 0 Å². The molecule has 100 valence electrons. The molecule has 3 unspecified atom stereocenters. The lowest BCUT2D eigenvalue weighted by atomic mass is 9.76. The van der Waals surface area contributed by atoms with Crippen molar-refractivity contribution in [1.29, 1.82) is 0 Å². The predicted octanol–water partition coefficient (Wildman–Crippen LogP) is 4.72. The highest BCUT2D eigenvalue weighted by Crippen LogP contribution is 2.35. The van der Waals surface area contributed by atoms with E-state index in [1.165, 1.54) is 6.42 Å². The highest BCUT2D eigenvalue weighted by Gasteiger charge is 2.28. The number of benzene rings is 1. The standard InChI is InChI=1S/C15H20Cl2O/c1-2-10-3-6-15(18)12(7-10)8-11-9-13(16)4-5-14(11)17/h4-5,9-10,12,15,18H,2-3,6-8H2,1H3. The molecule has 1 nitrogen and oxygen atoms in total. The van der Waals surface area contributed by atoms with Crippen LogP contribution in [-0.4, -0.2) is 11.2 Å². The molecule has 0 saturated heterocycles. The Morgan fingerprint density at radius 1 is 1.28 bits per heavy atom. The van der Waals surface area contributed by atoms with Crippen molar-refractivity contribution in [2.24, 2.45) is 11.8 Å². The monoisotopic (exact) mass is 286 g/mol. The Kier molecular flexibility index (Phi) is 4.94. The summed E-state index contributed by atoms with van der Waals surface area (Å²) >= 11 is 12.2. The zero-order valence-corrected chi connectivity index (χ0v) is 12.2. The second-order valence-electron chi connectivity index (χ2n) is 5.35.